The van der Waals surface area contributed by atoms with E-state index in [4.69, 9.17) is 0 Å². The van der Waals surface area contributed by atoms with Gasteiger partial charge < -0.3 is 5.32 Å². The third-order valence-electron chi connectivity index (χ3n) is 3.94. The highest BCUT2D eigenvalue weighted by molar-refractivity contribution is 5.26. The van der Waals surface area contributed by atoms with E-state index in [2.05, 4.69) is 37.5 Å². The Hall–Kier alpha value is -1.02. The van der Waals surface area contributed by atoms with Gasteiger partial charge in [0.25, 0.3) is 0 Å². The van der Waals surface area contributed by atoms with Crippen molar-refractivity contribution in [3.05, 3.63) is 11.5 Å². The molecule has 6 N–H and O–H groups in total. The van der Waals surface area contributed by atoms with Crippen molar-refractivity contribution in [3.63, 3.8) is 0 Å². The maximum Gasteiger partial charge on any atom is 0.155 e. The van der Waals surface area contributed by atoms with E-state index in [0.717, 1.165) is 19.0 Å². The highest BCUT2D eigenvalue weighted by Gasteiger charge is 2.47. The number of piperidine rings is 1. The minimum Gasteiger partial charge on any atom is -0.372 e. The van der Waals surface area contributed by atoms with E-state index >= 15 is 0 Å². The first kappa shape index (κ1) is 9.06. The van der Waals surface area contributed by atoms with Crippen LogP contribution in [0.3, 0.4) is 0 Å². The average molecular weight is 223 g/mol. The van der Waals surface area contributed by atoms with Crippen LogP contribution in [0.15, 0.2) is 11.5 Å². The summed E-state index contributed by atoms with van der Waals surface area (Å²) in [6, 6.07) is 0.457. The Morgan fingerprint density at radius 1 is 1.25 bits per heavy atom. The maximum absolute atomic E-state index is 3.59. The van der Waals surface area contributed by atoms with Gasteiger partial charge in [-0.1, -0.05) is 0 Å². The first-order valence-electron chi connectivity index (χ1n) is 5.96. The van der Waals surface area contributed by atoms with Gasteiger partial charge in [-0.3, -0.25) is 21.1 Å². The number of nitrogens with one attached hydrogen (secondary N) is 6. The summed E-state index contributed by atoms with van der Waals surface area (Å²) in [6.07, 6.45) is 2.90. The summed E-state index contributed by atoms with van der Waals surface area (Å²) in [5.41, 5.74) is 10.6. The van der Waals surface area contributed by atoms with E-state index in [1.165, 1.54) is 18.5 Å². The molecule has 0 aromatic heterocycles. The molecule has 88 valence electrons. The van der Waals surface area contributed by atoms with Gasteiger partial charge in [0.15, 0.2) is 5.82 Å². The van der Waals surface area contributed by atoms with E-state index in [-0.39, 0.29) is 0 Å². The van der Waals surface area contributed by atoms with Gasteiger partial charge in [0.05, 0.1) is 18.4 Å². The monoisotopic (exact) mass is 223 g/mol. The molecule has 0 radical (unpaired) electrons. The minimum absolute atomic E-state index is 0.368. The van der Waals surface area contributed by atoms with Crippen molar-refractivity contribution < 1.29 is 0 Å². The van der Waals surface area contributed by atoms with E-state index in [9.17, 15) is 0 Å². The van der Waals surface area contributed by atoms with Gasteiger partial charge in [-0.05, 0) is 19.4 Å². The molecule has 3 saturated heterocycles. The van der Waals surface area contributed by atoms with Crippen molar-refractivity contribution in [2.24, 2.45) is 5.92 Å². The van der Waals surface area contributed by atoms with Crippen LogP contribution in [0.25, 0.3) is 0 Å². The topological polar surface area (TPSA) is 75.4 Å². The Bertz CT molecular complexity index is 309. The molecule has 4 rings (SSSR count). The number of hydrogen-bond acceptors (Lipinski definition) is 7. The normalized spacial score (nSPS) is 41.0. The molecule has 0 spiro atoms. The summed E-state index contributed by atoms with van der Waals surface area (Å²) in [4.78, 5) is 0. The fraction of sp³-hybridized carbons (Fsp3) is 0.778. The molecule has 4 aliphatic rings. The molecule has 4 aliphatic heterocycles. The standard InChI is InChI=1S/C9H17N7/c1-2-5-6-7(12-4-11-6)9-13-14-15-16(9)8(5)10-3-1/h5-6,8,10-15H,1-4H2. The number of rotatable bonds is 0. The fourth-order valence-electron chi connectivity index (χ4n) is 3.26. The Morgan fingerprint density at radius 3 is 3.25 bits per heavy atom. The number of hydrazine groups is 3. The lowest BCUT2D eigenvalue weighted by molar-refractivity contribution is 0.0567. The van der Waals surface area contributed by atoms with Gasteiger partial charge in [0.1, 0.15) is 6.17 Å². The summed E-state index contributed by atoms with van der Waals surface area (Å²) < 4.78 is 0. The van der Waals surface area contributed by atoms with E-state index < -0.39 is 0 Å². The summed E-state index contributed by atoms with van der Waals surface area (Å²) in [6.45, 7) is 1.96. The second kappa shape index (κ2) is 3.24. The zero-order chi connectivity index (χ0) is 10.5. The van der Waals surface area contributed by atoms with Gasteiger partial charge in [-0.25, -0.2) is 0 Å². The van der Waals surface area contributed by atoms with Gasteiger partial charge in [0.2, 0.25) is 0 Å². The quantitative estimate of drug-likeness (QED) is 0.279. The second-order valence-corrected chi connectivity index (χ2v) is 4.73. The molecular formula is C9H17N7. The predicted octanol–water partition coefficient (Wildman–Crippen LogP) is -2.16. The largest absolute Gasteiger partial charge is 0.372 e. The van der Waals surface area contributed by atoms with Crippen LogP contribution in [0.5, 0.6) is 0 Å². The zero-order valence-corrected chi connectivity index (χ0v) is 9.01. The maximum atomic E-state index is 3.59. The SMILES string of the molecule is C1CNC2C(C1)C1NCNC1=C1NNNN12. The molecule has 0 aromatic rings. The van der Waals surface area contributed by atoms with Crippen molar-refractivity contribution >= 4 is 0 Å². The highest BCUT2D eigenvalue weighted by Crippen LogP contribution is 2.34. The van der Waals surface area contributed by atoms with E-state index in [1.807, 2.05) is 0 Å². The summed E-state index contributed by atoms with van der Waals surface area (Å²) in [5, 5.41) is 12.7. The smallest absolute Gasteiger partial charge is 0.155 e. The van der Waals surface area contributed by atoms with Crippen molar-refractivity contribution in [3.8, 4) is 0 Å². The summed E-state index contributed by atoms with van der Waals surface area (Å²) in [5.74, 6) is 1.74. The molecule has 3 fully saturated rings. The van der Waals surface area contributed by atoms with Crippen LogP contribution in [0.4, 0.5) is 0 Å². The predicted molar refractivity (Wildman–Crippen MR) is 57.7 cm³/mol. The van der Waals surface area contributed by atoms with Gasteiger partial charge in [-0.2, -0.15) is 5.53 Å². The molecule has 0 saturated carbocycles. The first-order valence-corrected chi connectivity index (χ1v) is 5.96. The third-order valence-corrected chi connectivity index (χ3v) is 3.94. The van der Waals surface area contributed by atoms with Crippen LogP contribution in [0, 0.1) is 5.92 Å². The average Bonchev–Trinajstić information content (AvgIpc) is 2.98. The highest BCUT2D eigenvalue weighted by atomic mass is 15.9. The number of nitrogens with zero attached hydrogens (tertiary/aromatic N) is 1. The summed E-state index contributed by atoms with van der Waals surface area (Å²) in [7, 11) is 0. The van der Waals surface area contributed by atoms with Crippen molar-refractivity contribution in [1.29, 1.82) is 0 Å². The Labute approximate surface area is 93.9 Å². The molecule has 0 aliphatic carbocycles. The first-order chi connectivity index (χ1) is 7.95. The van der Waals surface area contributed by atoms with Crippen molar-refractivity contribution in [2.45, 2.75) is 25.0 Å². The molecule has 16 heavy (non-hydrogen) atoms. The lowest BCUT2D eigenvalue weighted by atomic mass is 9.84. The lowest BCUT2D eigenvalue weighted by Gasteiger charge is -2.45. The Balaban J connectivity index is 1.78. The molecule has 3 unspecified atom stereocenters. The Kier molecular flexibility index (Phi) is 1.83. The van der Waals surface area contributed by atoms with Crippen LogP contribution in [0.1, 0.15) is 12.8 Å². The van der Waals surface area contributed by atoms with Crippen LogP contribution in [-0.4, -0.2) is 30.4 Å². The van der Waals surface area contributed by atoms with Crippen LogP contribution in [0.2, 0.25) is 0 Å². The van der Waals surface area contributed by atoms with Crippen molar-refractivity contribution in [1.82, 2.24) is 37.5 Å². The molecule has 4 heterocycles. The van der Waals surface area contributed by atoms with Gasteiger partial charge in [0, 0.05) is 5.92 Å². The van der Waals surface area contributed by atoms with Crippen LogP contribution < -0.4 is 32.4 Å². The van der Waals surface area contributed by atoms with Gasteiger partial charge in [-0.15, -0.1) is 5.53 Å². The van der Waals surface area contributed by atoms with Gasteiger partial charge >= 0.3 is 0 Å². The lowest BCUT2D eigenvalue weighted by Crippen LogP contribution is -2.62. The van der Waals surface area contributed by atoms with Crippen molar-refractivity contribution in [2.75, 3.05) is 13.2 Å². The molecule has 3 atom stereocenters. The zero-order valence-electron chi connectivity index (χ0n) is 9.01. The molecule has 7 nitrogen and oxygen atoms in total. The number of fused-ring (bicyclic) bond motifs is 5. The van der Waals surface area contributed by atoms with Crippen LogP contribution in [-0.2, 0) is 0 Å². The minimum atomic E-state index is 0.368. The molecular weight excluding hydrogens is 206 g/mol. The van der Waals surface area contributed by atoms with E-state index in [1.54, 1.807) is 0 Å². The van der Waals surface area contributed by atoms with E-state index in [0.29, 0.717) is 18.1 Å². The Morgan fingerprint density at radius 2 is 2.25 bits per heavy atom. The third kappa shape index (κ3) is 1.06. The number of hydrogen-bond donors (Lipinski definition) is 6. The fourth-order valence-corrected chi connectivity index (χ4v) is 3.26. The second-order valence-electron chi connectivity index (χ2n) is 4.73. The van der Waals surface area contributed by atoms with Crippen LogP contribution >= 0.6 is 0 Å². The molecule has 7 heteroatoms. The molecule has 0 bridgehead atoms. The molecule has 0 aromatic carbocycles. The summed E-state index contributed by atoms with van der Waals surface area (Å²) >= 11 is 0. The molecule has 0 amide bonds.